The molecule has 3 aliphatic rings. The van der Waals surface area contributed by atoms with Crippen molar-refractivity contribution < 1.29 is 19.4 Å². The van der Waals surface area contributed by atoms with Crippen LogP contribution in [0.5, 0.6) is 0 Å². The molecule has 1 amide bonds. The highest BCUT2D eigenvalue weighted by Gasteiger charge is 2.42. The van der Waals surface area contributed by atoms with Crippen molar-refractivity contribution in [2.75, 3.05) is 18.1 Å². The van der Waals surface area contributed by atoms with Crippen LogP contribution in [-0.4, -0.2) is 52.0 Å². The molecule has 6 nitrogen and oxygen atoms in total. The Morgan fingerprint density at radius 3 is 2.28 bits per heavy atom. The van der Waals surface area contributed by atoms with Crippen LogP contribution >= 0.6 is 0 Å². The lowest BCUT2D eigenvalue weighted by molar-refractivity contribution is -0.0268. The zero-order chi connectivity index (χ0) is 22.3. The van der Waals surface area contributed by atoms with Gasteiger partial charge in [-0.1, -0.05) is 12.1 Å². The summed E-state index contributed by atoms with van der Waals surface area (Å²) in [6.07, 6.45) is 5.81. The summed E-state index contributed by atoms with van der Waals surface area (Å²) in [6, 6.07) is 13.5. The van der Waals surface area contributed by atoms with Gasteiger partial charge in [0, 0.05) is 31.3 Å². The second kappa shape index (κ2) is 7.98. The summed E-state index contributed by atoms with van der Waals surface area (Å²) in [6.45, 7) is 0.932. The molecule has 0 bridgehead atoms. The first-order valence-corrected chi connectivity index (χ1v) is 11.3. The minimum absolute atomic E-state index is 0.0502. The van der Waals surface area contributed by atoms with Gasteiger partial charge in [0.05, 0.1) is 22.9 Å². The highest BCUT2D eigenvalue weighted by molar-refractivity contribution is 5.94. The molecule has 2 heterocycles. The number of likely N-dealkylation sites (tertiary alicyclic amines) is 1. The number of rotatable bonds is 5. The summed E-state index contributed by atoms with van der Waals surface area (Å²) in [4.78, 5) is 14.4. The molecule has 0 aromatic heterocycles. The highest BCUT2D eigenvalue weighted by atomic mass is 19.1. The van der Waals surface area contributed by atoms with Gasteiger partial charge in [-0.15, -0.1) is 0 Å². The number of halogens is 1. The number of hydrazone groups is 1. The van der Waals surface area contributed by atoms with E-state index < -0.39 is 11.2 Å². The molecule has 2 aromatic carbocycles. The van der Waals surface area contributed by atoms with Crippen LogP contribution in [-0.2, 0) is 5.60 Å². The Morgan fingerprint density at radius 1 is 1.00 bits per heavy atom. The van der Waals surface area contributed by atoms with E-state index in [1.165, 1.54) is 24.3 Å². The second-order valence-corrected chi connectivity index (χ2v) is 9.34. The molecule has 2 fully saturated rings. The van der Waals surface area contributed by atoms with E-state index in [9.17, 15) is 19.4 Å². The number of carbonyl (C=O) groups excluding carboxylic acids is 1. The lowest BCUT2D eigenvalue weighted by atomic mass is 9.84. The summed E-state index contributed by atoms with van der Waals surface area (Å²) in [7, 11) is 0. The largest absolute Gasteiger partial charge is 0.390 e. The molecule has 0 spiro atoms. The van der Waals surface area contributed by atoms with Crippen molar-refractivity contribution in [3.63, 3.8) is 0 Å². The van der Waals surface area contributed by atoms with Gasteiger partial charge in [-0.3, -0.25) is 9.80 Å². The van der Waals surface area contributed by atoms with E-state index >= 15 is 0 Å². The monoisotopic (exact) mass is 437 g/mol. The van der Waals surface area contributed by atoms with E-state index in [1.807, 2.05) is 35.5 Å². The molecule has 7 heteroatoms. The molecule has 32 heavy (non-hydrogen) atoms. The molecular weight excluding hydrogens is 409 g/mol. The van der Waals surface area contributed by atoms with Crippen LogP contribution in [0, 0.1) is 5.82 Å². The minimum Gasteiger partial charge on any atom is -0.390 e. The maximum absolute atomic E-state index is 13.1. The number of benzene rings is 2. The van der Waals surface area contributed by atoms with Crippen LogP contribution in [0.3, 0.4) is 0 Å². The standard InChI is InChI=1S/C25H28FN3O3/c26-20-5-1-18(2-6-20)23(30)28-15-12-24(31,13-16-28)17-22-9-14-27-29(22)21-7-3-19(4-8-21)25(32)10-11-25/h1-8,14,22,31-32H,9-13,15-17H2. The molecule has 168 valence electrons. The van der Waals surface area contributed by atoms with Gasteiger partial charge in [0.25, 0.3) is 5.91 Å². The SMILES string of the molecule is O=C(c1ccc(F)cc1)N1CCC(O)(CC2CC=NN2c2ccc(C3(O)CC3)cc2)CC1. The Labute approximate surface area is 187 Å². The van der Waals surface area contributed by atoms with Crippen LogP contribution in [0.25, 0.3) is 0 Å². The maximum Gasteiger partial charge on any atom is 0.253 e. The van der Waals surface area contributed by atoms with Crippen molar-refractivity contribution in [2.45, 2.75) is 55.8 Å². The molecule has 0 radical (unpaired) electrons. The van der Waals surface area contributed by atoms with Crippen LogP contribution < -0.4 is 5.01 Å². The number of amides is 1. The van der Waals surface area contributed by atoms with Gasteiger partial charge in [0.2, 0.25) is 0 Å². The van der Waals surface area contributed by atoms with Crippen molar-refractivity contribution >= 4 is 17.8 Å². The van der Waals surface area contributed by atoms with Crippen LogP contribution in [0.1, 0.15) is 54.4 Å². The Morgan fingerprint density at radius 2 is 1.66 bits per heavy atom. The molecule has 1 atom stereocenters. The lowest BCUT2D eigenvalue weighted by Gasteiger charge is -2.40. The summed E-state index contributed by atoms with van der Waals surface area (Å²) < 4.78 is 13.1. The second-order valence-electron chi connectivity index (χ2n) is 9.34. The zero-order valence-electron chi connectivity index (χ0n) is 18.0. The zero-order valence-corrected chi connectivity index (χ0v) is 18.0. The van der Waals surface area contributed by atoms with Gasteiger partial charge >= 0.3 is 0 Å². The van der Waals surface area contributed by atoms with E-state index in [-0.39, 0.29) is 17.8 Å². The lowest BCUT2D eigenvalue weighted by Crippen LogP contribution is -2.49. The van der Waals surface area contributed by atoms with Crippen LogP contribution in [0.4, 0.5) is 10.1 Å². The van der Waals surface area contributed by atoms with Gasteiger partial charge in [0.15, 0.2) is 0 Å². The first-order chi connectivity index (χ1) is 15.4. The fourth-order valence-electron chi connectivity index (χ4n) is 4.77. The number of anilines is 1. The Balaban J connectivity index is 1.20. The minimum atomic E-state index is -0.862. The van der Waals surface area contributed by atoms with Gasteiger partial charge in [-0.25, -0.2) is 4.39 Å². The Bertz CT molecular complexity index is 1010. The first kappa shape index (κ1) is 21.1. The molecule has 2 aliphatic heterocycles. The molecule has 2 N–H and O–H groups in total. The number of aliphatic hydroxyl groups is 2. The molecular formula is C25H28FN3O3. The third-order valence-electron chi connectivity index (χ3n) is 7.01. The van der Waals surface area contributed by atoms with Crippen molar-refractivity contribution in [1.82, 2.24) is 4.90 Å². The van der Waals surface area contributed by atoms with E-state index in [1.54, 1.807) is 4.90 Å². The van der Waals surface area contributed by atoms with E-state index in [0.29, 0.717) is 37.9 Å². The third kappa shape index (κ3) is 4.14. The van der Waals surface area contributed by atoms with Crippen molar-refractivity contribution in [3.8, 4) is 0 Å². The number of hydrogen-bond acceptors (Lipinski definition) is 5. The maximum atomic E-state index is 13.1. The molecule has 1 unspecified atom stereocenters. The fraction of sp³-hybridized carbons (Fsp3) is 0.440. The first-order valence-electron chi connectivity index (χ1n) is 11.3. The average molecular weight is 438 g/mol. The van der Waals surface area contributed by atoms with Gasteiger partial charge in [-0.05, 0) is 74.1 Å². The smallest absolute Gasteiger partial charge is 0.253 e. The predicted molar refractivity (Wildman–Crippen MR) is 120 cm³/mol. The Hall–Kier alpha value is -2.77. The van der Waals surface area contributed by atoms with E-state index in [0.717, 1.165) is 30.5 Å². The third-order valence-corrected chi connectivity index (χ3v) is 7.01. The van der Waals surface area contributed by atoms with Crippen molar-refractivity contribution in [3.05, 3.63) is 65.5 Å². The number of hydrogen-bond donors (Lipinski definition) is 2. The van der Waals surface area contributed by atoms with E-state index in [2.05, 4.69) is 5.10 Å². The molecule has 1 saturated heterocycles. The molecule has 5 rings (SSSR count). The van der Waals surface area contributed by atoms with Gasteiger partial charge in [0.1, 0.15) is 5.82 Å². The summed E-state index contributed by atoms with van der Waals surface area (Å²) in [5, 5.41) is 28.0. The van der Waals surface area contributed by atoms with Crippen molar-refractivity contribution in [1.29, 1.82) is 0 Å². The van der Waals surface area contributed by atoms with Gasteiger partial charge in [-0.2, -0.15) is 5.10 Å². The predicted octanol–water partition coefficient (Wildman–Crippen LogP) is 3.43. The van der Waals surface area contributed by atoms with Crippen molar-refractivity contribution in [2.24, 2.45) is 5.10 Å². The topological polar surface area (TPSA) is 76.4 Å². The number of nitrogens with zero attached hydrogens (tertiary/aromatic N) is 3. The summed E-state index contributed by atoms with van der Waals surface area (Å²) in [5.41, 5.74) is 0.841. The molecule has 2 aromatic rings. The Kier molecular flexibility index (Phi) is 5.26. The van der Waals surface area contributed by atoms with E-state index in [4.69, 9.17) is 0 Å². The molecule has 1 aliphatic carbocycles. The molecule has 1 saturated carbocycles. The number of piperidine rings is 1. The normalized spacial score (nSPS) is 23.4. The number of carbonyl (C=O) groups is 1. The van der Waals surface area contributed by atoms with Crippen LogP contribution in [0.15, 0.2) is 53.6 Å². The van der Waals surface area contributed by atoms with Gasteiger partial charge < -0.3 is 15.1 Å². The fourth-order valence-corrected chi connectivity index (χ4v) is 4.77. The quantitative estimate of drug-likeness (QED) is 0.752. The van der Waals surface area contributed by atoms with Crippen LogP contribution in [0.2, 0.25) is 0 Å². The summed E-state index contributed by atoms with van der Waals surface area (Å²) >= 11 is 0. The average Bonchev–Trinajstić information content (AvgIpc) is 3.39. The summed E-state index contributed by atoms with van der Waals surface area (Å²) in [5.74, 6) is -0.494. The highest BCUT2D eigenvalue weighted by Crippen LogP contribution is 2.45.